The van der Waals surface area contributed by atoms with Gasteiger partial charge in [-0.25, -0.2) is 8.42 Å². The van der Waals surface area contributed by atoms with Gasteiger partial charge in [0.05, 0.1) is 17.9 Å². The summed E-state index contributed by atoms with van der Waals surface area (Å²) in [6.45, 7) is 5.75. The number of halogens is 1. The fraction of sp³-hybridized carbons (Fsp3) is 0.211. The van der Waals surface area contributed by atoms with Gasteiger partial charge in [0.25, 0.3) is 10.0 Å². The molecule has 3 rings (SSSR count). The molecule has 1 heterocycles. The molecule has 1 aliphatic rings. The van der Waals surface area contributed by atoms with Gasteiger partial charge < -0.3 is 4.90 Å². The SMILES string of the molecule is C=CCN(c1ccccc1)S(=O)(=O)c1cc(Br)cc2c1N(C(C)=O)CC2. The lowest BCUT2D eigenvalue weighted by Crippen LogP contribution is -2.33. The largest absolute Gasteiger partial charge is 0.311 e. The first-order chi connectivity index (χ1) is 12.4. The fourth-order valence-corrected chi connectivity index (χ4v) is 5.51. The van der Waals surface area contributed by atoms with Crippen molar-refractivity contribution >= 4 is 43.2 Å². The smallest absolute Gasteiger partial charge is 0.266 e. The molecule has 1 aliphatic heterocycles. The van der Waals surface area contributed by atoms with E-state index in [2.05, 4.69) is 22.5 Å². The maximum atomic E-state index is 13.5. The van der Waals surface area contributed by atoms with Crippen molar-refractivity contribution in [1.29, 1.82) is 0 Å². The van der Waals surface area contributed by atoms with Crippen molar-refractivity contribution < 1.29 is 13.2 Å². The van der Waals surface area contributed by atoms with Crippen LogP contribution in [0.1, 0.15) is 12.5 Å². The number of amides is 1. The van der Waals surface area contributed by atoms with E-state index < -0.39 is 10.0 Å². The first-order valence-electron chi connectivity index (χ1n) is 8.15. The Morgan fingerprint density at radius 2 is 2.00 bits per heavy atom. The summed E-state index contributed by atoms with van der Waals surface area (Å²) in [6, 6.07) is 12.3. The summed E-state index contributed by atoms with van der Waals surface area (Å²) >= 11 is 3.40. The number of fused-ring (bicyclic) bond motifs is 1. The third-order valence-corrected chi connectivity index (χ3v) is 6.55. The van der Waals surface area contributed by atoms with E-state index in [4.69, 9.17) is 0 Å². The highest BCUT2D eigenvalue weighted by molar-refractivity contribution is 9.10. The number of rotatable bonds is 5. The van der Waals surface area contributed by atoms with Crippen LogP contribution in [0.4, 0.5) is 11.4 Å². The number of carbonyl (C=O) groups excluding carboxylic acids is 1. The van der Waals surface area contributed by atoms with Crippen LogP contribution in [0.2, 0.25) is 0 Å². The van der Waals surface area contributed by atoms with Crippen molar-refractivity contribution in [2.75, 3.05) is 22.3 Å². The van der Waals surface area contributed by atoms with E-state index in [9.17, 15) is 13.2 Å². The lowest BCUT2D eigenvalue weighted by Gasteiger charge is -2.26. The first-order valence-corrected chi connectivity index (χ1v) is 10.4. The normalized spacial score (nSPS) is 13.4. The van der Waals surface area contributed by atoms with Crippen LogP contribution in [0.25, 0.3) is 0 Å². The number of hydrogen-bond donors (Lipinski definition) is 0. The molecule has 0 saturated heterocycles. The summed E-state index contributed by atoms with van der Waals surface area (Å²) in [4.78, 5) is 13.7. The minimum absolute atomic E-state index is 0.125. The Morgan fingerprint density at radius 1 is 1.31 bits per heavy atom. The van der Waals surface area contributed by atoms with Crippen molar-refractivity contribution in [3.05, 3.63) is 65.2 Å². The van der Waals surface area contributed by atoms with Gasteiger partial charge in [0.1, 0.15) is 4.90 Å². The predicted molar refractivity (Wildman–Crippen MR) is 107 cm³/mol. The fourth-order valence-electron chi connectivity index (χ4n) is 3.15. The van der Waals surface area contributed by atoms with Crippen molar-refractivity contribution in [1.82, 2.24) is 0 Å². The van der Waals surface area contributed by atoms with Crippen LogP contribution in [-0.4, -0.2) is 27.4 Å². The molecular weight excluding hydrogens is 416 g/mol. The highest BCUT2D eigenvalue weighted by Crippen LogP contribution is 2.39. The number of carbonyl (C=O) groups is 1. The molecule has 0 atom stereocenters. The summed E-state index contributed by atoms with van der Waals surface area (Å²) in [7, 11) is -3.89. The topological polar surface area (TPSA) is 57.7 Å². The highest BCUT2D eigenvalue weighted by Gasteiger charge is 2.34. The molecule has 0 N–H and O–H groups in total. The number of sulfonamides is 1. The Balaban J connectivity index is 2.21. The lowest BCUT2D eigenvalue weighted by molar-refractivity contribution is -0.116. The third kappa shape index (κ3) is 3.29. The zero-order valence-corrected chi connectivity index (χ0v) is 16.8. The van der Waals surface area contributed by atoms with E-state index in [1.54, 1.807) is 36.4 Å². The number of nitrogens with zero attached hydrogens (tertiary/aromatic N) is 2. The van der Waals surface area contributed by atoms with Gasteiger partial charge in [0, 0.05) is 17.9 Å². The van der Waals surface area contributed by atoms with Crippen molar-refractivity contribution in [2.45, 2.75) is 18.2 Å². The first kappa shape index (κ1) is 18.7. The van der Waals surface area contributed by atoms with E-state index in [-0.39, 0.29) is 17.3 Å². The van der Waals surface area contributed by atoms with Crippen LogP contribution in [-0.2, 0) is 21.2 Å². The van der Waals surface area contributed by atoms with Gasteiger partial charge >= 0.3 is 0 Å². The lowest BCUT2D eigenvalue weighted by atomic mass is 10.2. The second kappa shape index (κ2) is 7.25. The average molecular weight is 435 g/mol. The molecule has 0 aliphatic carbocycles. The molecule has 0 spiro atoms. The standard InChI is InChI=1S/C19H19BrN2O3S/c1-3-10-22(17-7-5-4-6-8-17)26(24,25)18-13-16(20)12-15-9-11-21(14(2)23)19(15)18/h3-8,12-13H,1,9-11H2,2H3. The molecule has 2 aromatic rings. The van der Waals surface area contributed by atoms with Gasteiger partial charge in [0.15, 0.2) is 0 Å². The molecule has 0 bridgehead atoms. The van der Waals surface area contributed by atoms with Gasteiger partial charge in [-0.1, -0.05) is 40.2 Å². The van der Waals surface area contributed by atoms with Crippen molar-refractivity contribution in [3.8, 4) is 0 Å². The van der Waals surface area contributed by atoms with Crippen molar-refractivity contribution in [2.24, 2.45) is 0 Å². The Labute approximate surface area is 162 Å². The van der Waals surface area contributed by atoms with Gasteiger partial charge in [-0.3, -0.25) is 9.10 Å². The number of benzene rings is 2. The minimum Gasteiger partial charge on any atom is -0.311 e. The third-order valence-electron chi connectivity index (χ3n) is 4.28. The van der Waals surface area contributed by atoms with Gasteiger partial charge in [-0.2, -0.15) is 0 Å². The number of para-hydroxylation sites is 1. The molecular formula is C19H19BrN2O3S. The second-order valence-electron chi connectivity index (χ2n) is 5.99. The molecule has 0 unspecified atom stereocenters. The summed E-state index contributed by atoms with van der Waals surface area (Å²) in [5, 5.41) is 0. The van der Waals surface area contributed by atoms with Gasteiger partial charge in [-0.15, -0.1) is 6.58 Å². The summed E-state index contributed by atoms with van der Waals surface area (Å²) in [5.74, 6) is -0.169. The zero-order valence-electron chi connectivity index (χ0n) is 14.4. The Kier molecular flexibility index (Phi) is 5.20. The van der Waals surface area contributed by atoms with Gasteiger partial charge in [-0.05, 0) is 36.2 Å². The van der Waals surface area contributed by atoms with Crippen molar-refractivity contribution in [3.63, 3.8) is 0 Å². The molecule has 0 fully saturated rings. The van der Waals surface area contributed by atoms with Crippen LogP contribution in [0, 0.1) is 0 Å². The maximum Gasteiger partial charge on any atom is 0.266 e. The van der Waals surface area contributed by atoms with Crippen LogP contribution < -0.4 is 9.21 Å². The number of anilines is 2. The highest BCUT2D eigenvalue weighted by atomic mass is 79.9. The molecule has 7 heteroatoms. The Bertz CT molecular complexity index is 958. The van der Waals surface area contributed by atoms with E-state index in [1.165, 1.54) is 16.1 Å². The predicted octanol–water partition coefficient (Wildman–Crippen LogP) is 3.74. The zero-order chi connectivity index (χ0) is 18.9. The van der Waals surface area contributed by atoms with Gasteiger partial charge in [0.2, 0.25) is 5.91 Å². The summed E-state index contributed by atoms with van der Waals surface area (Å²) in [5.41, 5.74) is 1.87. The number of hydrogen-bond acceptors (Lipinski definition) is 3. The van der Waals surface area contributed by atoms with E-state index >= 15 is 0 Å². The Hall–Kier alpha value is -2.12. The quantitative estimate of drug-likeness (QED) is 0.673. The molecule has 1 amide bonds. The van der Waals surface area contributed by atoms with Crippen LogP contribution in [0.15, 0.2) is 64.5 Å². The van der Waals surface area contributed by atoms with Crippen LogP contribution in [0.5, 0.6) is 0 Å². The summed E-state index contributed by atoms with van der Waals surface area (Å²) < 4.78 is 29.0. The van der Waals surface area contributed by atoms with E-state index in [0.717, 1.165) is 5.56 Å². The molecule has 136 valence electrons. The summed E-state index contributed by atoms with van der Waals surface area (Å²) in [6.07, 6.45) is 2.18. The molecule has 0 aromatic heterocycles. The molecule has 26 heavy (non-hydrogen) atoms. The van der Waals surface area contributed by atoms with Crippen LogP contribution >= 0.6 is 15.9 Å². The Morgan fingerprint density at radius 3 is 2.62 bits per heavy atom. The minimum atomic E-state index is -3.89. The average Bonchev–Trinajstić information content (AvgIpc) is 3.03. The second-order valence-corrected chi connectivity index (χ2v) is 8.74. The molecule has 2 aromatic carbocycles. The molecule has 0 saturated carbocycles. The molecule has 5 nitrogen and oxygen atoms in total. The van der Waals surface area contributed by atoms with Crippen LogP contribution in [0.3, 0.4) is 0 Å². The maximum absolute atomic E-state index is 13.5. The van der Waals surface area contributed by atoms with E-state index in [0.29, 0.717) is 28.8 Å². The molecule has 0 radical (unpaired) electrons. The monoisotopic (exact) mass is 434 g/mol. The van der Waals surface area contributed by atoms with E-state index in [1.807, 2.05) is 12.1 Å².